The first-order chi connectivity index (χ1) is 5.91. The number of benzene rings is 1. The third kappa shape index (κ3) is 2.68. The van der Waals surface area contributed by atoms with Crippen LogP contribution in [0.3, 0.4) is 0 Å². The van der Waals surface area contributed by atoms with Crippen LogP contribution in [0.4, 0.5) is 0 Å². The second-order valence-corrected chi connectivity index (χ2v) is 5.79. The van der Waals surface area contributed by atoms with Crippen molar-refractivity contribution in [2.45, 2.75) is 9.79 Å². The zero-order chi connectivity index (χ0) is 10.1. The molecule has 0 aliphatic rings. The quantitative estimate of drug-likeness (QED) is 0.607. The number of hydrogen-bond acceptors (Lipinski definition) is 4. The van der Waals surface area contributed by atoms with Crippen LogP contribution in [-0.4, -0.2) is 16.8 Å². The summed E-state index contributed by atoms with van der Waals surface area (Å²) in [4.78, 5) is -0.289. The lowest BCUT2D eigenvalue weighted by atomic mass is 10.4. The van der Waals surface area contributed by atoms with E-state index in [2.05, 4.69) is 0 Å². The average molecular weight is 241 g/mol. The minimum atomic E-state index is -3.85. The maximum absolute atomic E-state index is 10.8. The molecule has 72 valence electrons. The highest BCUT2D eigenvalue weighted by molar-refractivity contribution is 8.13. The summed E-state index contributed by atoms with van der Waals surface area (Å²) in [6.45, 7) is 0. The van der Waals surface area contributed by atoms with E-state index in [-0.39, 0.29) is 9.79 Å². The van der Waals surface area contributed by atoms with Gasteiger partial charge in [-0.3, -0.25) is 0 Å². The predicted octanol–water partition coefficient (Wildman–Crippen LogP) is 0.584. The van der Waals surface area contributed by atoms with Gasteiger partial charge in [-0.15, -0.1) is 0 Å². The Kier molecular flexibility index (Phi) is 2.94. The summed E-state index contributed by atoms with van der Waals surface area (Å²) in [5.74, 6) is 0. The van der Waals surface area contributed by atoms with Crippen molar-refractivity contribution < 1.29 is 16.8 Å². The van der Waals surface area contributed by atoms with Crippen molar-refractivity contribution in [3.8, 4) is 0 Å². The Morgan fingerprint density at radius 3 is 2.31 bits per heavy atom. The first-order valence-corrected chi connectivity index (χ1v) is 6.59. The Bertz CT molecular complexity index is 481. The van der Waals surface area contributed by atoms with Crippen LogP contribution in [0.5, 0.6) is 0 Å². The van der Waals surface area contributed by atoms with Gasteiger partial charge in [0.25, 0.3) is 9.05 Å². The maximum atomic E-state index is 10.8. The van der Waals surface area contributed by atoms with Gasteiger partial charge in [0.2, 0.25) is 0 Å². The van der Waals surface area contributed by atoms with E-state index in [1.807, 2.05) is 0 Å². The van der Waals surface area contributed by atoms with Crippen molar-refractivity contribution >= 4 is 30.4 Å². The SMILES string of the molecule is O=[SH](=O)c1cccc(S(=O)(=O)Cl)c1. The fourth-order valence-electron chi connectivity index (χ4n) is 0.749. The van der Waals surface area contributed by atoms with E-state index >= 15 is 0 Å². The van der Waals surface area contributed by atoms with E-state index in [0.29, 0.717) is 0 Å². The number of hydrogen-bond donors (Lipinski definition) is 1. The summed E-state index contributed by atoms with van der Waals surface area (Å²) in [5.41, 5.74) is 0. The van der Waals surface area contributed by atoms with Crippen molar-refractivity contribution in [3.63, 3.8) is 0 Å². The molecule has 0 atom stereocenters. The highest BCUT2D eigenvalue weighted by Crippen LogP contribution is 2.16. The summed E-state index contributed by atoms with van der Waals surface area (Å²) in [7, 11) is -1.63. The van der Waals surface area contributed by atoms with Gasteiger partial charge < -0.3 is 0 Å². The molecule has 13 heavy (non-hydrogen) atoms. The minimum absolute atomic E-state index is 0.0725. The molecular formula is C6H5ClO4S2. The zero-order valence-electron chi connectivity index (χ0n) is 6.18. The first kappa shape index (κ1) is 10.5. The highest BCUT2D eigenvalue weighted by atomic mass is 35.7. The molecule has 0 radical (unpaired) electrons. The molecule has 0 saturated heterocycles. The number of thiol groups is 1. The summed E-state index contributed by atoms with van der Waals surface area (Å²) in [6, 6.07) is 4.84. The molecular weight excluding hydrogens is 236 g/mol. The summed E-state index contributed by atoms with van der Waals surface area (Å²) in [6.07, 6.45) is 0. The van der Waals surface area contributed by atoms with Crippen molar-refractivity contribution in [2.24, 2.45) is 0 Å². The van der Waals surface area contributed by atoms with E-state index in [1.54, 1.807) is 0 Å². The molecule has 4 nitrogen and oxygen atoms in total. The lowest BCUT2D eigenvalue weighted by molar-refractivity contribution is 0.609. The summed E-state index contributed by atoms with van der Waals surface area (Å²) >= 11 is 0. The molecule has 0 spiro atoms. The molecule has 0 N–H and O–H groups in total. The molecule has 1 aromatic rings. The monoisotopic (exact) mass is 240 g/mol. The second kappa shape index (κ2) is 3.65. The van der Waals surface area contributed by atoms with Gasteiger partial charge in [-0.25, -0.2) is 16.8 Å². The topological polar surface area (TPSA) is 68.3 Å². The normalized spacial score (nSPS) is 11.8. The van der Waals surface area contributed by atoms with Crippen molar-refractivity contribution in [1.29, 1.82) is 0 Å². The average Bonchev–Trinajstić information content (AvgIpc) is 2.03. The van der Waals surface area contributed by atoms with Crippen LogP contribution >= 0.6 is 10.7 Å². The van der Waals surface area contributed by atoms with Crippen molar-refractivity contribution in [1.82, 2.24) is 0 Å². The van der Waals surface area contributed by atoms with Crippen LogP contribution in [0, 0.1) is 0 Å². The predicted molar refractivity (Wildman–Crippen MR) is 48.1 cm³/mol. The highest BCUT2D eigenvalue weighted by Gasteiger charge is 2.10. The van der Waals surface area contributed by atoms with Gasteiger partial charge in [0.15, 0.2) is 10.7 Å². The lowest BCUT2D eigenvalue weighted by Gasteiger charge is -1.95. The van der Waals surface area contributed by atoms with Crippen LogP contribution in [-0.2, 0) is 19.8 Å². The molecule has 0 bridgehead atoms. The van der Waals surface area contributed by atoms with Gasteiger partial charge in [-0.2, -0.15) is 0 Å². The van der Waals surface area contributed by atoms with E-state index < -0.39 is 19.8 Å². The van der Waals surface area contributed by atoms with E-state index in [9.17, 15) is 16.8 Å². The molecule has 0 heterocycles. The fourth-order valence-corrected chi connectivity index (χ4v) is 2.09. The Morgan fingerprint density at radius 1 is 1.23 bits per heavy atom. The molecule has 1 rings (SSSR count). The first-order valence-electron chi connectivity index (χ1n) is 3.10. The van der Waals surface area contributed by atoms with Crippen LogP contribution in [0.1, 0.15) is 0 Å². The molecule has 7 heteroatoms. The Morgan fingerprint density at radius 2 is 1.85 bits per heavy atom. The molecule has 1 aromatic carbocycles. The number of rotatable bonds is 2. The molecule has 0 aliphatic heterocycles. The Balaban J connectivity index is 3.37. The minimum Gasteiger partial charge on any atom is -0.227 e. The van der Waals surface area contributed by atoms with Crippen molar-refractivity contribution in [2.75, 3.05) is 0 Å². The van der Waals surface area contributed by atoms with Gasteiger partial charge in [-0.1, -0.05) is 6.07 Å². The lowest BCUT2D eigenvalue weighted by Crippen LogP contribution is -1.91. The van der Waals surface area contributed by atoms with E-state index in [4.69, 9.17) is 10.7 Å². The van der Waals surface area contributed by atoms with E-state index in [0.717, 1.165) is 6.07 Å². The molecule has 0 fully saturated rings. The summed E-state index contributed by atoms with van der Waals surface area (Å²) < 4.78 is 42.5. The third-order valence-electron chi connectivity index (χ3n) is 1.31. The smallest absolute Gasteiger partial charge is 0.227 e. The van der Waals surface area contributed by atoms with Crippen LogP contribution in [0.15, 0.2) is 34.1 Å². The molecule has 0 unspecified atom stereocenters. The standard InChI is InChI=1S/C6H5ClO4S2/c7-13(10,11)6-3-1-2-5(4-6)12(8)9/h1-4,12H. The molecule has 0 aliphatic carbocycles. The molecule has 0 saturated carbocycles. The van der Waals surface area contributed by atoms with Gasteiger partial charge in [0.05, 0.1) is 9.79 Å². The Labute approximate surface area is 81.5 Å². The van der Waals surface area contributed by atoms with Crippen LogP contribution < -0.4 is 0 Å². The largest absolute Gasteiger partial charge is 0.261 e. The van der Waals surface area contributed by atoms with Crippen molar-refractivity contribution in [3.05, 3.63) is 24.3 Å². The molecule has 0 aromatic heterocycles. The van der Waals surface area contributed by atoms with Gasteiger partial charge >= 0.3 is 0 Å². The van der Waals surface area contributed by atoms with Crippen LogP contribution in [0.2, 0.25) is 0 Å². The molecule has 0 amide bonds. The van der Waals surface area contributed by atoms with Crippen LogP contribution in [0.25, 0.3) is 0 Å². The second-order valence-electron chi connectivity index (χ2n) is 2.19. The van der Waals surface area contributed by atoms with Gasteiger partial charge in [0, 0.05) is 10.7 Å². The Hall–Kier alpha value is -0.590. The fraction of sp³-hybridized carbons (Fsp3) is 0. The number of halogens is 1. The van der Waals surface area contributed by atoms with Gasteiger partial charge in [-0.05, 0) is 18.2 Å². The van der Waals surface area contributed by atoms with Gasteiger partial charge in [0.1, 0.15) is 0 Å². The third-order valence-corrected chi connectivity index (χ3v) is 3.36. The van der Waals surface area contributed by atoms with E-state index in [1.165, 1.54) is 18.2 Å². The zero-order valence-corrected chi connectivity index (χ0v) is 8.64. The maximum Gasteiger partial charge on any atom is 0.261 e. The summed E-state index contributed by atoms with van der Waals surface area (Å²) in [5, 5.41) is 0.